The summed E-state index contributed by atoms with van der Waals surface area (Å²) < 4.78 is 1.66. The second-order valence-electron chi connectivity index (χ2n) is 6.66. The number of nitro groups is 1. The highest BCUT2D eigenvalue weighted by molar-refractivity contribution is 7.98. The molecular weight excluding hydrogens is 328 g/mol. The maximum Gasteiger partial charge on any atom is 0.269 e. The SMILES string of the molecule is CC(C)(C)C(=O)Nc1c2c(nn1-c1ccc([N+](=O)[O-])cc1)CSC2. The van der Waals surface area contributed by atoms with Gasteiger partial charge in [0.2, 0.25) is 5.91 Å². The van der Waals surface area contributed by atoms with Crippen molar-refractivity contribution < 1.29 is 9.72 Å². The Labute approximate surface area is 143 Å². The fourth-order valence-corrected chi connectivity index (χ4v) is 3.37. The molecule has 0 atom stereocenters. The van der Waals surface area contributed by atoms with Crippen LogP contribution in [-0.4, -0.2) is 20.6 Å². The largest absolute Gasteiger partial charge is 0.310 e. The second-order valence-corrected chi connectivity index (χ2v) is 7.64. The van der Waals surface area contributed by atoms with Gasteiger partial charge < -0.3 is 5.32 Å². The Morgan fingerprint density at radius 3 is 2.54 bits per heavy atom. The van der Waals surface area contributed by atoms with E-state index in [-0.39, 0.29) is 11.6 Å². The van der Waals surface area contributed by atoms with Crippen LogP contribution in [0.15, 0.2) is 24.3 Å². The number of nitro benzene ring substituents is 1. The quantitative estimate of drug-likeness (QED) is 0.678. The molecule has 0 unspecified atom stereocenters. The summed E-state index contributed by atoms with van der Waals surface area (Å²) >= 11 is 1.75. The number of carbonyl (C=O) groups is 1. The zero-order valence-electron chi connectivity index (χ0n) is 13.7. The van der Waals surface area contributed by atoms with E-state index in [2.05, 4.69) is 10.4 Å². The summed E-state index contributed by atoms with van der Waals surface area (Å²) in [5.74, 6) is 2.16. The van der Waals surface area contributed by atoms with Gasteiger partial charge in [-0.05, 0) is 12.1 Å². The summed E-state index contributed by atoms with van der Waals surface area (Å²) in [5, 5.41) is 18.4. The Morgan fingerprint density at radius 2 is 1.96 bits per heavy atom. The van der Waals surface area contributed by atoms with Crippen LogP contribution in [0.1, 0.15) is 32.0 Å². The number of hydrogen-bond donors (Lipinski definition) is 1. The summed E-state index contributed by atoms with van der Waals surface area (Å²) in [7, 11) is 0. The first-order valence-corrected chi connectivity index (χ1v) is 8.67. The number of hydrogen-bond acceptors (Lipinski definition) is 5. The Hall–Kier alpha value is -2.35. The lowest BCUT2D eigenvalue weighted by Gasteiger charge is -2.19. The second kappa shape index (κ2) is 5.94. The fraction of sp³-hybridized carbons (Fsp3) is 0.375. The van der Waals surface area contributed by atoms with Crippen LogP contribution in [0, 0.1) is 15.5 Å². The number of rotatable bonds is 3. The molecule has 126 valence electrons. The molecule has 8 heteroatoms. The molecule has 0 aliphatic carbocycles. The maximum absolute atomic E-state index is 12.4. The highest BCUT2D eigenvalue weighted by Crippen LogP contribution is 2.36. The van der Waals surface area contributed by atoms with Gasteiger partial charge in [-0.2, -0.15) is 16.9 Å². The van der Waals surface area contributed by atoms with E-state index in [0.29, 0.717) is 11.5 Å². The van der Waals surface area contributed by atoms with Crippen LogP contribution >= 0.6 is 11.8 Å². The third kappa shape index (κ3) is 3.01. The van der Waals surface area contributed by atoms with Crippen molar-refractivity contribution in [3.05, 3.63) is 45.6 Å². The molecule has 0 bridgehead atoms. The van der Waals surface area contributed by atoms with Gasteiger partial charge in [0.1, 0.15) is 5.82 Å². The summed E-state index contributed by atoms with van der Waals surface area (Å²) in [6, 6.07) is 6.15. The minimum Gasteiger partial charge on any atom is -0.310 e. The average molecular weight is 346 g/mol. The lowest BCUT2D eigenvalue weighted by atomic mass is 9.95. The van der Waals surface area contributed by atoms with Crippen molar-refractivity contribution in [1.29, 1.82) is 0 Å². The smallest absolute Gasteiger partial charge is 0.269 e. The Morgan fingerprint density at radius 1 is 1.29 bits per heavy atom. The number of aromatic nitrogens is 2. The van der Waals surface area contributed by atoms with Crippen molar-refractivity contribution in [1.82, 2.24) is 9.78 Å². The van der Waals surface area contributed by atoms with Crippen LogP contribution in [0.5, 0.6) is 0 Å². The van der Waals surface area contributed by atoms with Gasteiger partial charge in [-0.3, -0.25) is 14.9 Å². The van der Waals surface area contributed by atoms with Crippen molar-refractivity contribution >= 4 is 29.2 Å². The predicted octanol–water partition coefficient (Wildman–Crippen LogP) is 3.51. The number of anilines is 1. The van der Waals surface area contributed by atoms with E-state index in [9.17, 15) is 14.9 Å². The van der Waals surface area contributed by atoms with Gasteiger partial charge in [-0.15, -0.1) is 0 Å². The number of fused-ring (bicyclic) bond motifs is 1. The topological polar surface area (TPSA) is 90.1 Å². The first kappa shape index (κ1) is 16.5. The Balaban J connectivity index is 2.02. The van der Waals surface area contributed by atoms with Gasteiger partial charge in [0.05, 0.1) is 16.3 Å². The van der Waals surface area contributed by atoms with E-state index in [1.165, 1.54) is 12.1 Å². The number of nitrogens with zero attached hydrogens (tertiary/aromatic N) is 3. The molecule has 0 fully saturated rings. The molecular formula is C16H18N4O3S. The zero-order valence-corrected chi connectivity index (χ0v) is 14.5. The van der Waals surface area contributed by atoms with Crippen LogP contribution in [0.3, 0.4) is 0 Å². The summed E-state index contributed by atoms with van der Waals surface area (Å²) in [4.78, 5) is 22.8. The molecule has 0 saturated heterocycles. The summed E-state index contributed by atoms with van der Waals surface area (Å²) in [6.07, 6.45) is 0. The van der Waals surface area contributed by atoms with Crippen LogP contribution in [0.4, 0.5) is 11.5 Å². The van der Waals surface area contributed by atoms with Crippen molar-refractivity contribution in [3.63, 3.8) is 0 Å². The average Bonchev–Trinajstić information content (AvgIpc) is 3.09. The van der Waals surface area contributed by atoms with E-state index in [4.69, 9.17) is 0 Å². The van der Waals surface area contributed by atoms with Crippen molar-refractivity contribution in [2.45, 2.75) is 32.3 Å². The number of benzene rings is 1. The van der Waals surface area contributed by atoms with Gasteiger partial charge in [0, 0.05) is 34.6 Å². The zero-order chi connectivity index (χ0) is 17.5. The van der Waals surface area contributed by atoms with E-state index < -0.39 is 10.3 Å². The van der Waals surface area contributed by atoms with Gasteiger partial charge in [-0.25, -0.2) is 4.68 Å². The van der Waals surface area contributed by atoms with Crippen LogP contribution < -0.4 is 5.32 Å². The predicted molar refractivity (Wildman–Crippen MR) is 93.3 cm³/mol. The molecule has 3 rings (SSSR count). The molecule has 0 saturated carbocycles. The number of non-ortho nitro benzene ring substituents is 1. The molecule has 7 nitrogen and oxygen atoms in total. The van der Waals surface area contributed by atoms with Crippen molar-refractivity contribution in [3.8, 4) is 5.69 Å². The first-order valence-electron chi connectivity index (χ1n) is 7.52. The molecule has 24 heavy (non-hydrogen) atoms. The number of thioether (sulfide) groups is 1. The molecule has 1 aromatic heterocycles. The molecule has 2 aromatic rings. The number of carbonyl (C=O) groups excluding carboxylic acids is 1. The minimum absolute atomic E-state index is 0.0225. The molecule has 0 radical (unpaired) electrons. The molecule has 1 amide bonds. The third-order valence-corrected chi connectivity index (χ3v) is 4.74. The van der Waals surface area contributed by atoms with E-state index in [1.807, 2.05) is 20.8 Å². The molecule has 1 aromatic carbocycles. The minimum atomic E-state index is -0.525. The molecule has 1 aliphatic rings. The van der Waals surface area contributed by atoms with Gasteiger partial charge >= 0.3 is 0 Å². The molecule has 1 aliphatic heterocycles. The monoisotopic (exact) mass is 346 g/mol. The molecule has 1 N–H and O–H groups in total. The highest BCUT2D eigenvalue weighted by Gasteiger charge is 2.28. The van der Waals surface area contributed by atoms with Crippen molar-refractivity contribution in [2.24, 2.45) is 5.41 Å². The first-order chi connectivity index (χ1) is 11.3. The highest BCUT2D eigenvalue weighted by atomic mass is 32.2. The van der Waals surface area contributed by atoms with Gasteiger partial charge in [0.15, 0.2) is 0 Å². The lowest BCUT2D eigenvalue weighted by molar-refractivity contribution is -0.384. The van der Waals surface area contributed by atoms with Gasteiger partial charge in [0.25, 0.3) is 5.69 Å². The van der Waals surface area contributed by atoms with E-state index in [1.54, 1.807) is 28.6 Å². The molecule has 2 heterocycles. The van der Waals surface area contributed by atoms with Crippen LogP contribution in [0.25, 0.3) is 5.69 Å². The van der Waals surface area contributed by atoms with Gasteiger partial charge in [-0.1, -0.05) is 20.8 Å². The van der Waals surface area contributed by atoms with Crippen LogP contribution in [-0.2, 0) is 16.3 Å². The fourth-order valence-electron chi connectivity index (χ4n) is 2.34. The van der Waals surface area contributed by atoms with Crippen LogP contribution in [0.2, 0.25) is 0 Å². The lowest BCUT2D eigenvalue weighted by Crippen LogP contribution is -2.29. The van der Waals surface area contributed by atoms with E-state index in [0.717, 1.165) is 22.8 Å². The van der Waals surface area contributed by atoms with Crippen molar-refractivity contribution in [2.75, 3.05) is 5.32 Å². The third-order valence-electron chi connectivity index (χ3n) is 3.77. The number of amides is 1. The summed E-state index contributed by atoms with van der Waals surface area (Å²) in [5.41, 5.74) is 2.15. The Kier molecular flexibility index (Phi) is 4.08. The normalized spacial score (nSPS) is 13.6. The molecule has 0 spiro atoms. The number of nitrogens with one attached hydrogen (secondary N) is 1. The maximum atomic E-state index is 12.4. The Bertz CT molecular complexity index is 806. The van der Waals surface area contributed by atoms with E-state index >= 15 is 0 Å². The summed E-state index contributed by atoms with van der Waals surface area (Å²) in [6.45, 7) is 5.55. The standard InChI is InChI=1S/C16H18N4O3S/c1-16(2,3)15(21)17-14-12-8-24-9-13(12)18-19(14)10-4-6-11(7-5-10)20(22)23/h4-7H,8-9H2,1-3H3,(H,17,21).